The molecule has 72 valence electrons. The molecule has 1 N–H and O–H groups in total. The molecule has 1 heteroatoms. The molecule has 0 unspecified atom stereocenters. The Morgan fingerprint density at radius 2 is 1.69 bits per heavy atom. The van der Waals surface area contributed by atoms with Gasteiger partial charge in [0.05, 0.1) is 0 Å². The monoisotopic (exact) mass is 178 g/mol. The minimum atomic E-state index is 0.292. The Morgan fingerprint density at radius 1 is 1.08 bits per heavy atom. The summed E-state index contributed by atoms with van der Waals surface area (Å²) in [5.74, 6) is 0. The topological polar surface area (TPSA) is 20.2 Å². The molecule has 0 bridgehead atoms. The van der Waals surface area contributed by atoms with Crippen molar-refractivity contribution in [3.8, 4) is 0 Å². The van der Waals surface area contributed by atoms with Gasteiger partial charge in [-0.1, -0.05) is 37.6 Å². The van der Waals surface area contributed by atoms with E-state index in [0.717, 1.165) is 19.3 Å². The molecule has 0 aliphatic heterocycles. The normalized spacial score (nSPS) is 10.3. The van der Waals surface area contributed by atoms with E-state index in [2.05, 4.69) is 31.2 Å². The summed E-state index contributed by atoms with van der Waals surface area (Å²) < 4.78 is 0. The Labute approximate surface area is 80.4 Å². The van der Waals surface area contributed by atoms with Crippen molar-refractivity contribution in [3.05, 3.63) is 35.4 Å². The van der Waals surface area contributed by atoms with Gasteiger partial charge in [-0.25, -0.2) is 0 Å². The van der Waals surface area contributed by atoms with E-state index in [4.69, 9.17) is 5.11 Å². The molecule has 1 aromatic rings. The minimum Gasteiger partial charge on any atom is -0.396 e. The van der Waals surface area contributed by atoms with Gasteiger partial charge in [-0.15, -0.1) is 0 Å². The fraction of sp³-hybridized carbons (Fsp3) is 0.500. The van der Waals surface area contributed by atoms with E-state index in [0.29, 0.717) is 6.61 Å². The smallest absolute Gasteiger partial charge is 0.0434 e. The average molecular weight is 178 g/mol. The maximum Gasteiger partial charge on any atom is 0.0434 e. The first kappa shape index (κ1) is 10.3. The molecule has 13 heavy (non-hydrogen) atoms. The summed E-state index contributed by atoms with van der Waals surface area (Å²) in [6.45, 7) is 2.49. The number of rotatable bonds is 5. The molecule has 0 aliphatic carbocycles. The van der Waals surface area contributed by atoms with Crippen molar-refractivity contribution in [3.63, 3.8) is 0 Å². The SMILES string of the molecule is CCCc1ccccc1CCCO. The van der Waals surface area contributed by atoms with Crippen molar-refractivity contribution in [1.82, 2.24) is 0 Å². The quantitative estimate of drug-likeness (QED) is 0.734. The molecule has 0 atom stereocenters. The van der Waals surface area contributed by atoms with Crippen LogP contribution in [0.25, 0.3) is 0 Å². The Balaban J connectivity index is 2.66. The zero-order valence-corrected chi connectivity index (χ0v) is 8.29. The van der Waals surface area contributed by atoms with Crippen molar-refractivity contribution in [2.45, 2.75) is 32.6 Å². The fourth-order valence-corrected chi connectivity index (χ4v) is 1.58. The Hall–Kier alpha value is -0.820. The van der Waals surface area contributed by atoms with Crippen LogP contribution in [-0.2, 0) is 12.8 Å². The standard InChI is InChI=1S/C12H18O/c1-2-6-11-7-3-4-8-12(11)9-5-10-13/h3-4,7-8,13H,2,5-6,9-10H2,1H3. The predicted molar refractivity (Wildman–Crippen MR) is 55.8 cm³/mol. The van der Waals surface area contributed by atoms with Crippen LogP contribution in [0.3, 0.4) is 0 Å². The highest BCUT2D eigenvalue weighted by molar-refractivity contribution is 5.27. The van der Waals surface area contributed by atoms with Gasteiger partial charge in [0, 0.05) is 6.61 Å². The lowest BCUT2D eigenvalue weighted by atomic mass is 10.00. The van der Waals surface area contributed by atoms with Crippen LogP contribution in [0.1, 0.15) is 30.9 Å². The van der Waals surface area contributed by atoms with E-state index in [1.807, 2.05) is 0 Å². The molecule has 0 saturated heterocycles. The van der Waals surface area contributed by atoms with Crippen molar-refractivity contribution in [2.75, 3.05) is 6.61 Å². The lowest BCUT2D eigenvalue weighted by molar-refractivity contribution is 0.288. The zero-order valence-electron chi connectivity index (χ0n) is 8.29. The van der Waals surface area contributed by atoms with Gasteiger partial charge in [-0.3, -0.25) is 0 Å². The summed E-state index contributed by atoms with van der Waals surface area (Å²) in [4.78, 5) is 0. The highest BCUT2D eigenvalue weighted by Gasteiger charge is 1.99. The van der Waals surface area contributed by atoms with E-state index in [-0.39, 0.29) is 0 Å². The second-order valence-electron chi connectivity index (χ2n) is 3.35. The van der Waals surface area contributed by atoms with Crippen LogP contribution in [-0.4, -0.2) is 11.7 Å². The van der Waals surface area contributed by atoms with E-state index in [9.17, 15) is 0 Å². The highest BCUT2D eigenvalue weighted by Crippen LogP contribution is 2.12. The van der Waals surface area contributed by atoms with E-state index >= 15 is 0 Å². The lowest BCUT2D eigenvalue weighted by Crippen LogP contribution is -1.95. The van der Waals surface area contributed by atoms with Gasteiger partial charge < -0.3 is 5.11 Å². The number of aliphatic hydroxyl groups is 1. The zero-order chi connectivity index (χ0) is 9.52. The molecule has 0 fully saturated rings. The van der Waals surface area contributed by atoms with Crippen LogP contribution in [0.4, 0.5) is 0 Å². The molecule has 0 saturated carbocycles. The third-order valence-electron chi connectivity index (χ3n) is 2.24. The Kier molecular flexibility index (Phi) is 4.55. The molecular formula is C12H18O. The number of hydrogen-bond donors (Lipinski definition) is 1. The lowest BCUT2D eigenvalue weighted by Gasteiger charge is -2.06. The van der Waals surface area contributed by atoms with E-state index in [1.54, 1.807) is 0 Å². The Bertz CT molecular complexity index is 243. The van der Waals surface area contributed by atoms with Gasteiger partial charge in [0.1, 0.15) is 0 Å². The first-order valence-electron chi connectivity index (χ1n) is 5.06. The molecule has 0 spiro atoms. The first-order chi connectivity index (χ1) is 6.38. The summed E-state index contributed by atoms with van der Waals surface area (Å²) in [6, 6.07) is 8.52. The van der Waals surface area contributed by atoms with Crippen LogP contribution < -0.4 is 0 Å². The third kappa shape index (κ3) is 3.19. The number of hydrogen-bond acceptors (Lipinski definition) is 1. The van der Waals surface area contributed by atoms with Gasteiger partial charge in [0.25, 0.3) is 0 Å². The van der Waals surface area contributed by atoms with Crippen molar-refractivity contribution < 1.29 is 5.11 Å². The second-order valence-corrected chi connectivity index (χ2v) is 3.35. The molecular weight excluding hydrogens is 160 g/mol. The highest BCUT2D eigenvalue weighted by atomic mass is 16.2. The largest absolute Gasteiger partial charge is 0.396 e. The molecule has 0 amide bonds. The minimum absolute atomic E-state index is 0.292. The average Bonchev–Trinajstić information content (AvgIpc) is 2.17. The van der Waals surface area contributed by atoms with Gasteiger partial charge in [-0.2, -0.15) is 0 Å². The maximum absolute atomic E-state index is 8.75. The van der Waals surface area contributed by atoms with E-state index in [1.165, 1.54) is 17.5 Å². The van der Waals surface area contributed by atoms with Gasteiger partial charge in [-0.05, 0) is 30.4 Å². The summed E-state index contributed by atoms with van der Waals surface area (Å²) in [7, 11) is 0. The van der Waals surface area contributed by atoms with Crippen LogP contribution >= 0.6 is 0 Å². The first-order valence-corrected chi connectivity index (χ1v) is 5.06. The maximum atomic E-state index is 8.75. The van der Waals surface area contributed by atoms with Crippen molar-refractivity contribution >= 4 is 0 Å². The third-order valence-corrected chi connectivity index (χ3v) is 2.24. The summed E-state index contributed by atoms with van der Waals surface area (Å²) >= 11 is 0. The van der Waals surface area contributed by atoms with Gasteiger partial charge in [0.2, 0.25) is 0 Å². The summed E-state index contributed by atoms with van der Waals surface area (Å²) in [6.07, 6.45) is 4.23. The fourth-order valence-electron chi connectivity index (χ4n) is 1.58. The summed E-state index contributed by atoms with van der Waals surface area (Å²) in [5, 5.41) is 8.75. The van der Waals surface area contributed by atoms with Gasteiger partial charge in [0.15, 0.2) is 0 Å². The molecule has 1 rings (SSSR count). The molecule has 1 nitrogen and oxygen atoms in total. The van der Waals surface area contributed by atoms with Crippen LogP contribution in [0.5, 0.6) is 0 Å². The number of aryl methyl sites for hydroxylation is 2. The van der Waals surface area contributed by atoms with Crippen LogP contribution in [0.2, 0.25) is 0 Å². The second kappa shape index (κ2) is 5.76. The number of aliphatic hydroxyl groups excluding tert-OH is 1. The molecule has 1 aromatic carbocycles. The van der Waals surface area contributed by atoms with Crippen LogP contribution in [0.15, 0.2) is 24.3 Å². The van der Waals surface area contributed by atoms with Crippen molar-refractivity contribution in [2.24, 2.45) is 0 Å². The predicted octanol–water partition coefficient (Wildman–Crippen LogP) is 2.56. The molecule has 0 aliphatic rings. The molecule has 0 aromatic heterocycles. The van der Waals surface area contributed by atoms with E-state index < -0.39 is 0 Å². The van der Waals surface area contributed by atoms with Gasteiger partial charge >= 0.3 is 0 Å². The Morgan fingerprint density at radius 3 is 2.23 bits per heavy atom. The molecule has 0 heterocycles. The number of benzene rings is 1. The van der Waals surface area contributed by atoms with Crippen molar-refractivity contribution in [1.29, 1.82) is 0 Å². The molecule has 0 radical (unpaired) electrons. The van der Waals surface area contributed by atoms with Crippen LogP contribution in [0, 0.1) is 0 Å². The summed E-state index contributed by atoms with van der Waals surface area (Å²) in [5.41, 5.74) is 2.84.